The highest BCUT2D eigenvalue weighted by Gasteiger charge is 2.39. The second-order valence-electron chi connectivity index (χ2n) is 10.3. The van der Waals surface area contributed by atoms with Crippen LogP contribution in [0.3, 0.4) is 0 Å². The summed E-state index contributed by atoms with van der Waals surface area (Å²) in [6.07, 6.45) is 3.76. The maximum absolute atomic E-state index is 14.7. The Kier molecular flexibility index (Phi) is 7.86. The molecule has 12 heteroatoms. The minimum absolute atomic E-state index is 0.0819. The average Bonchev–Trinajstić information content (AvgIpc) is 3.24. The standard InChI is InChI=1S/C25H31F3N6O3/c1-25(2,3)37-24(36)33-21-13-34(12-17(21)16-8-19(27)20(28)9-18(16)26)23-30-10-14(11-31-23)22(35)32-15-4-6-29-7-5-15/h8-11,15,17,21,29H,4-7,12-13H2,1-3H3,(H,32,35)(H,33,36)/t17-,21+/m1/s1. The number of halogens is 3. The first-order valence-corrected chi connectivity index (χ1v) is 12.2. The first kappa shape index (κ1) is 26.6. The average molecular weight is 521 g/mol. The highest BCUT2D eigenvalue weighted by atomic mass is 19.2. The lowest BCUT2D eigenvalue weighted by atomic mass is 9.93. The Balaban J connectivity index is 1.52. The minimum atomic E-state index is -1.30. The number of rotatable bonds is 5. The number of benzene rings is 1. The van der Waals surface area contributed by atoms with Crippen LogP contribution in [0.2, 0.25) is 0 Å². The van der Waals surface area contributed by atoms with Crippen molar-refractivity contribution in [1.82, 2.24) is 25.9 Å². The third-order valence-corrected chi connectivity index (χ3v) is 6.32. The van der Waals surface area contributed by atoms with Crippen molar-refractivity contribution in [2.45, 2.75) is 57.2 Å². The van der Waals surface area contributed by atoms with Gasteiger partial charge in [-0.25, -0.2) is 27.9 Å². The van der Waals surface area contributed by atoms with E-state index in [1.54, 1.807) is 25.7 Å². The summed E-state index contributed by atoms with van der Waals surface area (Å²) in [5.41, 5.74) is -0.549. The first-order chi connectivity index (χ1) is 17.5. The van der Waals surface area contributed by atoms with Crippen LogP contribution in [0.25, 0.3) is 0 Å². The molecule has 0 bridgehead atoms. The van der Waals surface area contributed by atoms with Gasteiger partial charge in [-0.15, -0.1) is 0 Å². The topological polar surface area (TPSA) is 108 Å². The molecule has 3 heterocycles. The van der Waals surface area contributed by atoms with Crippen molar-refractivity contribution >= 4 is 17.9 Å². The highest BCUT2D eigenvalue weighted by Crippen LogP contribution is 2.32. The Bertz CT molecular complexity index is 1140. The van der Waals surface area contributed by atoms with Crippen LogP contribution in [0.1, 0.15) is 55.5 Å². The number of carbonyl (C=O) groups excluding carboxylic acids is 2. The van der Waals surface area contributed by atoms with Crippen molar-refractivity contribution in [3.05, 3.63) is 53.1 Å². The van der Waals surface area contributed by atoms with Crippen molar-refractivity contribution in [3.8, 4) is 0 Å². The number of amides is 2. The van der Waals surface area contributed by atoms with Crippen LogP contribution in [0.4, 0.5) is 23.9 Å². The molecule has 2 saturated heterocycles. The Hall–Kier alpha value is -3.41. The van der Waals surface area contributed by atoms with Gasteiger partial charge in [-0.05, 0) is 58.3 Å². The van der Waals surface area contributed by atoms with E-state index in [-0.39, 0.29) is 36.6 Å². The van der Waals surface area contributed by atoms with Gasteiger partial charge in [0.05, 0.1) is 11.6 Å². The molecule has 2 aliphatic rings. The fraction of sp³-hybridized carbons (Fsp3) is 0.520. The maximum Gasteiger partial charge on any atom is 0.407 e. The third kappa shape index (κ3) is 6.68. The van der Waals surface area contributed by atoms with Crippen molar-refractivity contribution in [3.63, 3.8) is 0 Å². The first-order valence-electron chi connectivity index (χ1n) is 12.2. The van der Waals surface area contributed by atoms with Gasteiger partial charge in [0.1, 0.15) is 11.4 Å². The molecule has 1 aromatic heterocycles. The second-order valence-corrected chi connectivity index (χ2v) is 10.3. The molecular formula is C25H31F3N6O3. The van der Waals surface area contributed by atoms with Gasteiger partial charge < -0.3 is 25.6 Å². The molecule has 2 amide bonds. The molecule has 2 atom stereocenters. The van der Waals surface area contributed by atoms with Crippen molar-refractivity contribution in [1.29, 1.82) is 0 Å². The van der Waals surface area contributed by atoms with E-state index in [0.29, 0.717) is 11.6 Å². The van der Waals surface area contributed by atoms with E-state index in [1.165, 1.54) is 12.4 Å². The van der Waals surface area contributed by atoms with E-state index in [9.17, 15) is 22.8 Å². The van der Waals surface area contributed by atoms with Crippen LogP contribution in [-0.4, -0.2) is 65.8 Å². The van der Waals surface area contributed by atoms with Gasteiger partial charge in [0.25, 0.3) is 5.91 Å². The van der Waals surface area contributed by atoms with Gasteiger partial charge >= 0.3 is 6.09 Å². The number of nitrogens with one attached hydrogen (secondary N) is 3. The SMILES string of the molecule is CC(C)(C)OC(=O)N[C@H]1CN(c2ncc(C(=O)NC3CCNCC3)cn2)C[C@@H]1c1cc(F)c(F)cc1F. The molecule has 1 aromatic carbocycles. The third-order valence-electron chi connectivity index (χ3n) is 6.32. The van der Waals surface area contributed by atoms with Crippen LogP contribution in [0.15, 0.2) is 24.5 Å². The zero-order valence-corrected chi connectivity index (χ0v) is 21.0. The lowest BCUT2D eigenvalue weighted by molar-refractivity contribution is 0.0504. The number of anilines is 1. The number of piperidine rings is 1. The molecule has 3 N–H and O–H groups in total. The molecule has 2 aliphatic heterocycles. The molecule has 0 aliphatic carbocycles. The molecule has 2 fully saturated rings. The van der Waals surface area contributed by atoms with Crippen LogP contribution in [-0.2, 0) is 4.74 Å². The van der Waals surface area contributed by atoms with Crippen LogP contribution in [0, 0.1) is 17.5 Å². The molecule has 0 spiro atoms. The molecule has 9 nitrogen and oxygen atoms in total. The summed E-state index contributed by atoms with van der Waals surface area (Å²) in [5.74, 6) is -4.17. The summed E-state index contributed by atoms with van der Waals surface area (Å²) < 4.78 is 47.6. The number of ether oxygens (including phenoxy) is 1. The minimum Gasteiger partial charge on any atom is -0.444 e. The Labute approximate surface area is 213 Å². The number of carbonyl (C=O) groups is 2. The smallest absolute Gasteiger partial charge is 0.407 e. The van der Waals surface area contributed by atoms with E-state index in [1.807, 2.05) is 0 Å². The Morgan fingerprint density at radius 2 is 1.65 bits per heavy atom. The van der Waals surface area contributed by atoms with Crippen molar-refractivity contribution in [2.75, 3.05) is 31.1 Å². The number of hydrogen-bond acceptors (Lipinski definition) is 7. The van der Waals surface area contributed by atoms with Gasteiger partial charge in [-0.3, -0.25) is 4.79 Å². The normalized spacial score (nSPS) is 20.5. The number of aromatic nitrogens is 2. The van der Waals surface area contributed by atoms with E-state index < -0.39 is 41.1 Å². The zero-order valence-electron chi connectivity index (χ0n) is 21.0. The summed E-state index contributed by atoms with van der Waals surface area (Å²) in [5, 5.41) is 8.92. The second kappa shape index (κ2) is 10.9. The summed E-state index contributed by atoms with van der Waals surface area (Å²) in [4.78, 5) is 35.3. The molecule has 2 aromatic rings. The van der Waals surface area contributed by atoms with E-state index in [0.717, 1.165) is 32.0 Å². The summed E-state index contributed by atoms with van der Waals surface area (Å²) in [6, 6.07) is 0.668. The van der Waals surface area contributed by atoms with Gasteiger partial charge in [0.15, 0.2) is 11.6 Å². The number of nitrogens with zero attached hydrogens (tertiary/aromatic N) is 3. The van der Waals surface area contributed by atoms with Crippen molar-refractivity contribution < 1.29 is 27.5 Å². The Morgan fingerprint density at radius 3 is 2.30 bits per heavy atom. The lowest BCUT2D eigenvalue weighted by Crippen LogP contribution is -2.43. The monoisotopic (exact) mass is 520 g/mol. The molecule has 0 unspecified atom stereocenters. The van der Waals surface area contributed by atoms with Gasteiger partial charge in [0.2, 0.25) is 5.95 Å². The fourth-order valence-electron chi connectivity index (χ4n) is 4.55. The highest BCUT2D eigenvalue weighted by molar-refractivity contribution is 5.93. The molecule has 0 saturated carbocycles. The zero-order chi connectivity index (χ0) is 26.7. The quantitative estimate of drug-likeness (QED) is 0.521. The molecule has 200 valence electrons. The molecule has 37 heavy (non-hydrogen) atoms. The largest absolute Gasteiger partial charge is 0.444 e. The van der Waals surface area contributed by atoms with E-state index in [4.69, 9.17) is 4.74 Å². The summed E-state index contributed by atoms with van der Waals surface area (Å²) in [6.45, 7) is 7.07. The van der Waals surface area contributed by atoms with Crippen LogP contribution >= 0.6 is 0 Å². The maximum atomic E-state index is 14.7. The van der Waals surface area contributed by atoms with Gasteiger partial charge in [-0.1, -0.05) is 0 Å². The predicted molar refractivity (Wildman–Crippen MR) is 130 cm³/mol. The van der Waals surface area contributed by atoms with Gasteiger partial charge in [-0.2, -0.15) is 0 Å². The molecule has 0 radical (unpaired) electrons. The Morgan fingerprint density at radius 1 is 1.00 bits per heavy atom. The summed E-state index contributed by atoms with van der Waals surface area (Å²) in [7, 11) is 0. The predicted octanol–water partition coefficient (Wildman–Crippen LogP) is 2.87. The lowest BCUT2D eigenvalue weighted by Gasteiger charge is -2.24. The summed E-state index contributed by atoms with van der Waals surface area (Å²) >= 11 is 0. The van der Waals surface area contributed by atoms with E-state index in [2.05, 4.69) is 25.9 Å². The molecule has 4 rings (SSSR count). The fourth-order valence-corrected chi connectivity index (χ4v) is 4.55. The van der Waals surface area contributed by atoms with Gasteiger partial charge in [0, 0.05) is 43.5 Å². The van der Waals surface area contributed by atoms with Crippen LogP contribution in [0.5, 0.6) is 0 Å². The number of hydrogen-bond donors (Lipinski definition) is 3. The van der Waals surface area contributed by atoms with Crippen molar-refractivity contribution in [2.24, 2.45) is 0 Å². The molecular weight excluding hydrogens is 489 g/mol. The van der Waals surface area contributed by atoms with E-state index >= 15 is 0 Å². The number of alkyl carbamates (subject to hydrolysis) is 1. The van der Waals surface area contributed by atoms with Crippen LogP contribution < -0.4 is 20.9 Å².